The molecule has 0 amide bonds. The second-order valence-corrected chi connectivity index (χ2v) is 4.30. The van der Waals surface area contributed by atoms with Gasteiger partial charge in [-0.05, 0) is 38.8 Å². The van der Waals surface area contributed by atoms with Crippen molar-refractivity contribution in [1.82, 2.24) is 5.32 Å². The van der Waals surface area contributed by atoms with Gasteiger partial charge in [-0.2, -0.15) is 0 Å². The molecule has 0 aliphatic rings. The van der Waals surface area contributed by atoms with Crippen LogP contribution >= 0.6 is 0 Å². The SMILES string of the molecule is CC(C)OC(=O)CNCCCc1ccccc1. The summed E-state index contributed by atoms with van der Waals surface area (Å²) >= 11 is 0. The van der Waals surface area contributed by atoms with Crippen LogP contribution in [0.3, 0.4) is 0 Å². The number of benzene rings is 1. The average Bonchev–Trinajstić information content (AvgIpc) is 2.29. The van der Waals surface area contributed by atoms with Gasteiger partial charge in [0, 0.05) is 0 Å². The number of hydrogen-bond donors (Lipinski definition) is 1. The van der Waals surface area contributed by atoms with Gasteiger partial charge < -0.3 is 10.1 Å². The van der Waals surface area contributed by atoms with E-state index in [1.807, 2.05) is 32.0 Å². The molecule has 1 aromatic rings. The fraction of sp³-hybridized carbons (Fsp3) is 0.500. The van der Waals surface area contributed by atoms with E-state index in [0.717, 1.165) is 19.4 Å². The fourth-order valence-electron chi connectivity index (χ4n) is 1.56. The molecule has 0 atom stereocenters. The van der Waals surface area contributed by atoms with E-state index >= 15 is 0 Å². The molecule has 3 heteroatoms. The molecule has 0 bridgehead atoms. The molecule has 3 nitrogen and oxygen atoms in total. The number of aryl methyl sites for hydroxylation is 1. The molecule has 0 radical (unpaired) electrons. The summed E-state index contributed by atoms with van der Waals surface area (Å²) in [5.41, 5.74) is 1.33. The van der Waals surface area contributed by atoms with Crippen LogP contribution in [0.4, 0.5) is 0 Å². The van der Waals surface area contributed by atoms with Crippen LogP contribution in [0.5, 0.6) is 0 Å². The molecule has 0 unspecified atom stereocenters. The molecule has 1 aromatic carbocycles. The highest BCUT2D eigenvalue weighted by atomic mass is 16.5. The largest absolute Gasteiger partial charge is 0.462 e. The summed E-state index contributed by atoms with van der Waals surface area (Å²) in [7, 11) is 0. The number of esters is 1. The normalized spacial score (nSPS) is 10.5. The van der Waals surface area contributed by atoms with Crippen LogP contribution in [-0.2, 0) is 16.0 Å². The van der Waals surface area contributed by atoms with Gasteiger partial charge in [-0.1, -0.05) is 30.3 Å². The summed E-state index contributed by atoms with van der Waals surface area (Å²) in [6.45, 7) is 4.84. The highest BCUT2D eigenvalue weighted by molar-refractivity contribution is 5.71. The van der Waals surface area contributed by atoms with Crippen LogP contribution in [0.1, 0.15) is 25.8 Å². The first-order chi connectivity index (χ1) is 8.18. The second kappa shape index (κ2) is 7.85. The lowest BCUT2D eigenvalue weighted by atomic mass is 10.1. The van der Waals surface area contributed by atoms with Crippen molar-refractivity contribution in [1.29, 1.82) is 0 Å². The van der Waals surface area contributed by atoms with Gasteiger partial charge in [0.2, 0.25) is 0 Å². The molecular weight excluding hydrogens is 214 g/mol. The van der Waals surface area contributed by atoms with Crippen LogP contribution in [0.15, 0.2) is 30.3 Å². The van der Waals surface area contributed by atoms with Crippen molar-refractivity contribution < 1.29 is 9.53 Å². The third-order valence-corrected chi connectivity index (χ3v) is 2.30. The summed E-state index contributed by atoms with van der Waals surface area (Å²) in [6, 6.07) is 10.3. The predicted octanol–water partition coefficient (Wildman–Crippen LogP) is 2.16. The number of hydrogen-bond acceptors (Lipinski definition) is 3. The van der Waals surface area contributed by atoms with Gasteiger partial charge in [-0.25, -0.2) is 0 Å². The van der Waals surface area contributed by atoms with Crippen molar-refractivity contribution >= 4 is 5.97 Å². The zero-order valence-electron chi connectivity index (χ0n) is 10.6. The molecule has 0 fully saturated rings. The van der Waals surface area contributed by atoms with E-state index in [-0.39, 0.29) is 12.1 Å². The second-order valence-electron chi connectivity index (χ2n) is 4.30. The molecule has 1 N–H and O–H groups in total. The smallest absolute Gasteiger partial charge is 0.320 e. The first-order valence-corrected chi connectivity index (χ1v) is 6.12. The van der Waals surface area contributed by atoms with E-state index in [0.29, 0.717) is 6.54 Å². The third-order valence-electron chi connectivity index (χ3n) is 2.30. The van der Waals surface area contributed by atoms with E-state index in [2.05, 4.69) is 17.4 Å². The van der Waals surface area contributed by atoms with Crippen LogP contribution in [0.25, 0.3) is 0 Å². The Morgan fingerprint density at radius 1 is 1.29 bits per heavy atom. The minimum absolute atomic E-state index is 0.0337. The van der Waals surface area contributed by atoms with E-state index < -0.39 is 0 Å². The van der Waals surface area contributed by atoms with Crippen molar-refractivity contribution in [2.45, 2.75) is 32.8 Å². The van der Waals surface area contributed by atoms with Crippen molar-refractivity contribution in [3.05, 3.63) is 35.9 Å². The molecule has 94 valence electrons. The highest BCUT2D eigenvalue weighted by Crippen LogP contribution is 2.01. The Hall–Kier alpha value is -1.35. The topological polar surface area (TPSA) is 38.3 Å². The maximum atomic E-state index is 11.2. The summed E-state index contributed by atoms with van der Waals surface area (Å²) in [4.78, 5) is 11.2. The first kappa shape index (κ1) is 13.7. The van der Waals surface area contributed by atoms with Crippen LogP contribution in [-0.4, -0.2) is 25.2 Å². The number of carbonyl (C=O) groups is 1. The standard InChI is InChI=1S/C14H21NO2/c1-12(2)17-14(16)11-15-10-6-9-13-7-4-3-5-8-13/h3-5,7-8,12,15H,6,9-11H2,1-2H3. The minimum atomic E-state index is -0.181. The molecule has 0 aromatic heterocycles. The zero-order valence-corrected chi connectivity index (χ0v) is 10.6. The van der Waals surface area contributed by atoms with Crippen molar-refractivity contribution in [3.8, 4) is 0 Å². The molecule has 0 aliphatic carbocycles. The Labute approximate surface area is 103 Å². The van der Waals surface area contributed by atoms with Crippen LogP contribution in [0.2, 0.25) is 0 Å². The maximum absolute atomic E-state index is 11.2. The van der Waals surface area contributed by atoms with Gasteiger partial charge in [-0.15, -0.1) is 0 Å². The predicted molar refractivity (Wildman–Crippen MR) is 68.9 cm³/mol. The van der Waals surface area contributed by atoms with E-state index in [4.69, 9.17) is 4.74 Å². The van der Waals surface area contributed by atoms with E-state index in [1.165, 1.54) is 5.56 Å². The first-order valence-electron chi connectivity index (χ1n) is 6.12. The molecular formula is C14H21NO2. The highest BCUT2D eigenvalue weighted by Gasteiger charge is 2.03. The van der Waals surface area contributed by atoms with Crippen molar-refractivity contribution in [2.75, 3.05) is 13.1 Å². The summed E-state index contributed by atoms with van der Waals surface area (Å²) in [5, 5.41) is 3.09. The Morgan fingerprint density at radius 3 is 2.65 bits per heavy atom. The Bertz CT molecular complexity index is 322. The number of carbonyl (C=O) groups excluding carboxylic acids is 1. The van der Waals surface area contributed by atoms with Crippen LogP contribution < -0.4 is 5.32 Å². The number of rotatable bonds is 7. The molecule has 0 heterocycles. The third kappa shape index (κ3) is 6.74. The molecule has 1 rings (SSSR count). The summed E-state index contributed by atoms with van der Waals surface area (Å²) in [5.74, 6) is -0.181. The quantitative estimate of drug-likeness (QED) is 0.581. The maximum Gasteiger partial charge on any atom is 0.320 e. The Kier molecular flexibility index (Phi) is 6.33. The van der Waals surface area contributed by atoms with Crippen molar-refractivity contribution in [2.24, 2.45) is 0 Å². The fourth-order valence-corrected chi connectivity index (χ4v) is 1.56. The monoisotopic (exact) mass is 235 g/mol. The summed E-state index contributed by atoms with van der Waals surface area (Å²) < 4.78 is 5.01. The molecule has 0 aliphatic heterocycles. The number of ether oxygens (including phenoxy) is 1. The van der Waals surface area contributed by atoms with Gasteiger partial charge in [0.15, 0.2) is 0 Å². The lowest BCUT2D eigenvalue weighted by molar-refractivity contribution is -0.146. The summed E-state index contributed by atoms with van der Waals surface area (Å²) in [6.07, 6.45) is 2.03. The molecule has 17 heavy (non-hydrogen) atoms. The van der Waals surface area contributed by atoms with Gasteiger partial charge in [-0.3, -0.25) is 4.79 Å². The van der Waals surface area contributed by atoms with Gasteiger partial charge >= 0.3 is 5.97 Å². The van der Waals surface area contributed by atoms with E-state index in [1.54, 1.807) is 0 Å². The van der Waals surface area contributed by atoms with Gasteiger partial charge in [0.05, 0.1) is 12.6 Å². The minimum Gasteiger partial charge on any atom is -0.462 e. The van der Waals surface area contributed by atoms with Crippen molar-refractivity contribution in [3.63, 3.8) is 0 Å². The van der Waals surface area contributed by atoms with Gasteiger partial charge in [0.25, 0.3) is 0 Å². The Morgan fingerprint density at radius 2 is 2.00 bits per heavy atom. The molecule has 0 saturated heterocycles. The lowest BCUT2D eigenvalue weighted by Gasteiger charge is -2.08. The van der Waals surface area contributed by atoms with Gasteiger partial charge in [0.1, 0.15) is 0 Å². The van der Waals surface area contributed by atoms with Crippen LogP contribution in [0, 0.1) is 0 Å². The Balaban J connectivity index is 2.03. The molecule has 0 saturated carbocycles. The van der Waals surface area contributed by atoms with E-state index in [9.17, 15) is 4.79 Å². The lowest BCUT2D eigenvalue weighted by Crippen LogP contribution is -2.27. The average molecular weight is 235 g/mol. The zero-order chi connectivity index (χ0) is 12.5. The molecule has 0 spiro atoms. The number of nitrogens with one attached hydrogen (secondary N) is 1.